The molecule has 136 valence electrons. The minimum atomic E-state index is -0.319. The summed E-state index contributed by atoms with van der Waals surface area (Å²) in [6.45, 7) is 3.66. The minimum absolute atomic E-state index is 0.0226. The fourth-order valence-corrected chi connectivity index (χ4v) is 4.16. The maximum Gasteiger partial charge on any atom is 0.253 e. The number of carbonyl (C=O) groups excluding carboxylic acids is 1. The summed E-state index contributed by atoms with van der Waals surface area (Å²) in [5.41, 5.74) is 0.451. The number of nitrogens with zero attached hydrogens (tertiary/aromatic N) is 1. The van der Waals surface area contributed by atoms with Crippen molar-refractivity contribution >= 4 is 5.91 Å². The van der Waals surface area contributed by atoms with E-state index in [9.17, 15) is 9.18 Å². The second-order valence-corrected chi connectivity index (χ2v) is 7.81. The maximum absolute atomic E-state index is 13.1. The van der Waals surface area contributed by atoms with Gasteiger partial charge in [0.1, 0.15) is 5.82 Å². The number of fused-ring (bicyclic) bond motifs is 1. The fourth-order valence-electron chi connectivity index (χ4n) is 4.16. The van der Waals surface area contributed by atoms with Crippen LogP contribution in [0.5, 0.6) is 0 Å². The Morgan fingerprint density at radius 2 is 2.08 bits per heavy atom. The van der Waals surface area contributed by atoms with Crippen LogP contribution in [-0.2, 0) is 9.47 Å². The number of amides is 1. The summed E-state index contributed by atoms with van der Waals surface area (Å²) in [6, 6.07) is 5.82. The second-order valence-electron chi connectivity index (χ2n) is 7.81. The van der Waals surface area contributed by atoms with Gasteiger partial charge in [0, 0.05) is 37.3 Å². The van der Waals surface area contributed by atoms with Crippen molar-refractivity contribution in [3.63, 3.8) is 0 Å². The van der Waals surface area contributed by atoms with Crippen molar-refractivity contribution in [1.82, 2.24) is 4.90 Å². The smallest absolute Gasteiger partial charge is 0.253 e. The molecule has 1 amide bonds. The van der Waals surface area contributed by atoms with E-state index in [-0.39, 0.29) is 23.2 Å². The second kappa shape index (κ2) is 7.04. The summed E-state index contributed by atoms with van der Waals surface area (Å²) >= 11 is 0. The Hall–Kier alpha value is -1.46. The largest absolute Gasteiger partial charge is 0.380 e. The van der Waals surface area contributed by atoms with Gasteiger partial charge in [-0.2, -0.15) is 0 Å². The molecule has 5 heteroatoms. The van der Waals surface area contributed by atoms with Gasteiger partial charge >= 0.3 is 0 Å². The first kappa shape index (κ1) is 17.0. The van der Waals surface area contributed by atoms with E-state index in [0.29, 0.717) is 25.3 Å². The van der Waals surface area contributed by atoms with Gasteiger partial charge in [0.15, 0.2) is 0 Å². The number of ether oxygens (including phenoxy) is 2. The Morgan fingerprint density at radius 3 is 2.84 bits per heavy atom. The number of hydrogen-bond acceptors (Lipinski definition) is 3. The van der Waals surface area contributed by atoms with Gasteiger partial charge in [-0.1, -0.05) is 0 Å². The zero-order chi connectivity index (χ0) is 17.3. The number of halogens is 1. The monoisotopic (exact) mass is 347 g/mol. The van der Waals surface area contributed by atoms with Gasteiger partial charge in [-0.15, -0.1) is 0 Å². The minimum Gasteiger partial charge on any atom is -0.380 e. The van der Waals surface area contributed by atoms with E-state index in [1.807, 2.05) is 4.90 Å². The third-order valence-electron chi connectivity index (χ3n) is 5.81. The first-order chi connectivity index (χ1) is 12.2. The van der Waals surface area contributed by atoms with Crippen LogP contribution in [-0.4, -0.2) is 49.8 Å². The van der Waals surface area contributed by atoms with Crippen LogP contribution in [0.1, 0.15) is 42.5 Å². The summed E-state index contributed by atoms with van der Waals surface area (Å²) in [5.74, 6) is 0.395. The Kier molecular flexibility index (Phi) is 4.78. The standard InChI is InChI=1S/C20H26FNO3/c21-17-6-4-16(5-7-17)19(23)22-10-8-18-20(13-22,9-1-11-25-18)14-24-12-15-2-3-15/h4-7,15,18H,1-3,8-14H2/t18-,20+/m0/s1. The Balaban J connectivity index is 1.46. The number of hydrogen-bond donors (Lipinski definition) is 0. The molecule has 3 fully saturated rings. The lowest BCUT2D eigenvalue weighted by Gasteiger charge is -2.50. The Morgan fingerprint density at radius 1 is 1.28 bits per heavy atom. The summed E-state index contributed by atoms with van der Waals surface area (Å²) in [5, 5.41) is 0. The number of carbonyl (C=O) groups is 1. The molecule has 1 saturated carbocycles. The number of likely N-dealkylation sites (tertiary alicyclic amines) is 1. The summed E-state index contributed by atoms with van der Waals surface area (Å²) < 4.78 is 25.2. The van der Waals surface area contributed by atoms with Crippen LogP contribution in [0.25, 0.3) is 0 Å². The van der Waals surface area contributed by atoms with Gasteiger partial charge in [0.05, 0.1) is 12.7 Å². The molecule has 0 aromatic heterocycles. The lowest BCUT2D eigenvalue weighted by molar-refractivity contribution is -0.147. The van der Waals surface area contributed by atoms with Gasteiger partial charge in [-0.3, -0.25) is 4.79 Å². The van der Waals surface area contributed by atoms with Crippen LogP contribution in [0.15, 0.2) is 24.3 Å². The molecule has 2 aliphatic heterocycles. The van der Waals surface area contributed by atoms with Gasteiger partial charge < -0.3 is 14.4 Å². The zero-order valence-electron chi connectivity index (χ0n) is 14.6. The molecule has 4 rings (SSSR count). The number of piperidine rings is 1. The molecule has 1 aromatic carbocycles. The van der Waals surface area contributed by atoms with E-state index < -0.39 is 0 Å². The van der Waals surface area contributed by atoms with E-state index >= 15 is 0 Å². The van der Waals surface area contributed by atoms with E-state index in [4.69, 9.17) is 9.47 Å². The molecule has 1 aromatic rings. The normalized spacial score (nSPS) is 29.3. The van der Waals surface area contributed by atoms with E-state index in [0.717, 1.165) is 38.4 Å². The molecular weight excluding hydrogens is 321 g/mol. The molecule has 1 aliphatic carbocycles. The summed E-state index contributed by atoms with van der Waals surface area (Å²) in [6.07, 6.45) is 5.64. The molecule has 2 atom stereocenters. The molecular formula is C20H26FNO3. The van der Waals surface area contributed by atoms with Crippen molar-refractivity contribution in [2.45, 2.75) is 38.2 Å². The van der Waals surface area contributed by atoms with Gasteiger partial charge in [-0.25, -0.2) is 4.39 Å². The molecule has 4 nitrogen and oxygen atoms in total. The van der Waals surface area contributed by atoms with Gasteiger partial charge in [0.25, 0.3) is 5.91 Å². The fraction of sp³-hybridized carbons (Fsp3) is 0.650. The molecule has 25 heavy (non-hydrogen) atoms. The van der Waals surface area contributed by atoms with Crippen LogP contribution in [0, 0.1) is 17.2 Å². The number of rotatable bonds is 5. The maximum atomic E-state index is 13.1. The predicted octanol–water partition coefficient (Wildman–Crippen LogP) is 3.26. The average Bonchev–Trinajstić information content (AvgIpc) is 3.45. The highest BCUT2D eigenvalue weighted by Crippen LogP contribution is 2.41. The zero-order valence-corrected chi connectivity index (χ0v) is 14.6. The van der Waals surface area contributed by atoms with Gasteiger partial charge in [-0.05, 0) is 62.3 Å². The SMILES string of the molecule is O=C(c1ccc(F)cc1)N1CC[C@@H]2OCCC[C@]2(COCC2CC2)C1. The molecule has 0 radical (unpaired) electrons. The van der Waals surface area contributed by atoms with Crippen LogP contribution in [0.4, 0.5) is 4.39 Å². The van der Waals surface area contributed by atoms with E-state index in [1.165, 1.54) is 25.0 Å². The summed E-state index contributed by atoms with van der Waals surface area (Å²) in [4.78, 5) is 14.7. The van der Waals surface area contributed by atoms with Gasteiger partial charge in [0.2, 0.25) is 0 Å². The topological polar surface area (TPSA) is 38.8 Å². The van der Waals surface area contributed by atoms with Crippen molar-refractivity contribution in [3.05, 3.63) is 35.6 Å². The lowest BCUT2D eigenvalue weighted by atomic mass is 9.73. The van der Waals surface area contributed by atoms with Crippen LogP contribution < -0.4 is 0 Å². The molecule has 3 aliphatic rings. The first-order valence-corrected chi connectivity index (χ1v) is 9.40. The highest BCUT2D eigenvalue weighted by atomic mass is 19.1. The van der Waals surface area contributed by atoms with E-state index in [1.54, 1.807) is 12.1 Å². The Bertz CT molecular complexity index is 616. The quantitative estimate of drug-likeness (QED) is 0.821. The van der Waals surface area contributed by atoms with E-state index in [2.05, 4.69) is 0 Å². The first-order valence-electron chi connectivity index (χ1n) is 9.40. The van der Waals surface area contributed by atoms with Crippen molar-refractivity contribution in [2.75, 3.05) is 32.9 Å². The predicted molar refractivity (Wildman–Crippen MR) is 91.9 cm³/mol. The van der Waals surface area contributed by atoms with Crippen molar-refractivity contribution in [1.29, 1.82) is 0 Å². The third kappa shape index (κ3) is 3.72. The van der Waals surface area contributed by atoms with Crippen LogP contribution in [0.2, 0.25) is 0 Å². The van der Waals surface area contributed by atoms with Crippen molar-refractivity contribution in [2.24, 2.45) is 11.3 Å². The molecule has 0 bridgehead atoms. The van der Waals surface area contributed by atoms with Crippen LogP contribution in [0.3, 0.4) is 0 Å². The van der Waals surface area contributed by atoms with Crippen LogP contribution >= 0.6 is 0 Å². The van der Waals surface area contributed by atoms with Crippen molar-refractivity contribution < 1.29 is 18.7 Å². The molecule has 2 saturated heterocycles. The molecule has 0 unspecified atom stereocenters. The Labute approximate surface area is 148 Å². The molecule has 2 heterocycles. The molecule has 0 spiro atoms. The highest BCUT2D eigenvalue weighted by molar-refractivity contribution is 5.94. The van der Waals surface area contributed by atoms with Crippen molar-refractivity contribution in [3.8, 4) is 0 Å². The number of benzene rings is 1. The summed E-state index contributed by atoms with van der Waals surface area (Å²) in [7, 11) is 0. The third-order valence-corrected chi connectivity index (χ3v) is 5.81. The average molecular weight is 347 g/mol. The highest BCUT2D eigenvalue weighted by Gasteiger charge is 2.47. The molecule has 0 N–H and O–H groups in total. The lowest BCUT2D eigenvalue weighted by Crippen LogP contribution is -2.58.